The molecule has 2 aliphatic heterocycles. The molecule has 23 heavy (non-hydrogen) atoms. The molecular formula is C14H16FNO6S. The third-order valence-corrected chi connectivity index (χ3v) is 5.84. The highest BCUT2D eigenvalue weighted by Gasteiger charge is 2.42. The van der Waals surface area contributed by atoms with Crippen LogP contribution in [0.1, 0.15) is 23.2 Å². The first-order chi connectivity index (χ1) is 10.9. The molecule has 0 bridgehead atoms. The number of carbonyl (C=O) groups is 1. The predicted molar refractivity (Wildman–Crippen MR) is 76.0 cm³/mol. The highest BCUT2D eigenvalue weighted by atomic mass is 32.2. The van der Waals surface area contributed by atoms with Gasteiger partial charge in [0, 0.05) is 6.54 Å². The van der Waals surface area contributed by atoms with Gasteiger partial charge in [-0.2, -0.15) is 4.31 Å². The molecule has 1 atom stereocenters. The molecule has 1 aromatic carbocycles. The van der Waals surface area contributed by atoms with E-state index in [9.17, 15) is 17.6 Å². The van der Waals surface area contributed by atoms with E-state index in [-0.39, 0.29) is 11.4 Å². The van der Waals surface area contributed by atoms with Crippen LogP contribution < -0.4 is 0 Å². The number of benzene rings is 1. The van der Waals surface area contributed by atoms with Gasteiger partial charge in [0.25, 0.3) is 0 Å². The standard InChI is InChI=1S/C14H16FNO6S/c15-10-6-9(13(17)18)7-11(8-10)23(19,20)16-3-1-2-12(16)14-21-4-5-22-14/h6-8,12,14H,1-5H2,(H,17,18). The molecule has 126 valence electrons. The summed E-state index contributed by atoms with van der Waals surface area (Å²) in [5.74, 6) is -2.30. The van der Waals surface area contributed by atoms with Gasteiger partial charge in [0.05, 0.1) is 29.7 Å². The number of carboxylic acids is 1. The van der Waals surface area contributed by atoms with E-state index in [4.69, 9.17) is 14.6 Å². The second kappa shape index (κ2) is 6.16. The van der Waals surface area contributed by atoms with Crippen LogP contribution >= 0.6 is 0 Å². The summed E-state index contributed by atoms with van der Waals surface area (Å²) >= 11 is 0. The van der Waals surface area contributed by atoms with Crippen molar-refractivity contribution >= 4 is 16.0 Å². The number of carboxylic acid groups (broad SMARTS) is 1. The number of hydrogen-bond acceptors (Lipinski definition) is 5. The number of aromatic carboxylic acids is 1. The van der Waals surface area contributed by atoms with Crippen LogP contribution in [0.4, 0.5) is 4.39 Å². The number of halogens is 1. The lowest BCUT2D eigenvalue weighted by Crippen LogP contribution is -2.43. The summed E-state index contributed by atoms with van der Waals surface area (Å²) < 4.78 is 51.2. The topological polar surface area (TPSA) is 93.1 Å². The third kappa shape index (κ3) is 3.09. The summed E-state index contributed by atoms with van der Waals surface area (Å²) in [7, 11) is -4.03. The number of ether oxygens (including phenoxy) is 2. The van der Waals surface area contributed by atoms with Crippen LogP contribution in [0.3, 0.4) is 0 Å². The van der Waals surface area contributed by atoms with Crippen molar-refractivity contribution in [3.8, 4) is 0 Å². The minimum atomic E-state index is -4.03. The smallest absolute Gasteiger partial charge is 0.335 e. The molecule has 0 amide bonds. The van der Waals surface area contributed by atoms with Crippen LogP contribution in [0.25, 0.3) is 0 Å². The summed E-state index contributed by atoms with van der Waals surface area (Å²) in [6.45, 7) is 1.06. The second-order valence-electron chi connectivity index (χ2n) is 5.42. The highest BCUT2D eigenvalue weighted by Crippen LogP contribution is 2.31. The zero-order chi connectivity index (χ0) is 16.6. The molecule has 2 heterocycles. The van der Waals surface area contributed by atoms with Crippen LogP contribution in [0.5, 0.6) is 0 Å². The van der Waals surface area contributed by atoms with Gasteiger partial charge in [0.1, 0.15) is 5.82 Å². The van der Waals surface area contributed by atoms with Crippen molar-refractivity contribution < 1.29 is 32.2 Å². The quantitative estimate of drug-likeness (QED) is 0.877. The lowest BCUT2D eigenvalue weighted by molar-refractivity contribution is -0.0768. The average Bonchev–Trinajstić information content (AvgIpc) is 3.17. The van der Waals surface area contributed by atoms with Gasteiger partial charge in [0.15, 0.2) is 6.29 Å². The molecule has 3 rings (SSSR count). The van der Waals surface area contributed by atoms with E-state index in [0.29, 0.717) is 26.1 Å². The van der Waals surface area contributed by atoms with Crippen LogP contribution in [-0.4, -0.2) is 55.9 Å². The molecule has 0 aliphatic carbocycles. The van der Waals surface area contributed by atoms with E-state index in [0.717, 1.165) is 18.2 Å². The fraction of sp³-hybridized carbons (Fsp3) is 0.500. The Bertz CT molecular complexity index is 716. The van der Waals surface area contributed by atoms with E-state index in [1.54, 1.807) is 0 Å². The van der Waals surface area contributed by atoms with E-state index in [2.05, 4.69) is 0 Å². The zero-order valence-electron chi connectivity index (χ0n) is 12.1. The lowest BCUT2D eigenvalue weighted by atomic mass is 10.2. The van der Waals surface area contributed by atoms with Crippen molar-refractivity contribution in [3.63, 3.8) is 0 Å². The SMILES string of the molecule is O=C(O)c1cc(F)cc(S(=O)(=O)N2CCCC2C2OCCO2)c1. The molecule has 2 saturated heterocycles. The fourth-order valence-electron chi connectivity index (χ4n) is 2.91. The Morgan fingerprint density at radius 2 is 1.96 bits per heavy atom. The molecule has 0 aromatic heterocycles. The minimum Gasteiger partial charge on any atom is -0.478 e. The lowest BCUT2D eigenvalue weighted by Gasteiger charge is -2.27. The van der Waals surface area contributed by atoms with Gasteiger partial charge >= 0.3 is 5.97 Å². The average molecular weight is 345 g/mol. The molecule has 0 radical (unpaired) electrons. The monoisotopic (exact) mass is 345 g/mol. The summed E-state index contributed by atoms with van der Waals surface area (Å²) in [4.78, 5) is 10.6. The molecule has 1 N–H and O–H groups in total. The maximum atomic E-state index is 13.6. The highest BCUT2D eigenvalue weighted by molar-refractivity contribution is 7.89. The molecule has 1 aromatic rings. The second-order valence-corrected chi connectivity index (χ2v) is 7.31. The molecule has 0 spiro atoms. The van der Waals surface area contributed by atoms with Crippen molar-refractivity contribution in [3.05, 3.63) is 29.6 Å². The normalized spacial score (nSPS) is 23.4. The summed E-state index contributed by atoms with van der Waals surface area (Å²) in [6.07, 6.45) is 0.568. The number of hydrogen-bond donors (Lipinski definition) is 1. The van der Waals surface area contributed by atoms with E-state index in [1.165, 1.54) is 4.31 Å². The maximum absolute atomic E-state index is 13.6. The van der Waals surface area contributed by atoms with Crippen molar-refractivity contribution in [2.45, 2.75) is 30.1 Å². The Morgan fingerprint density at radius 3 is 2.61 bits per heavy atom. The Labute approximate surface area is 132 Å². The molecule has 2 aliphatic rings. The summed E-state index contributed by atoms with van der Waals surface area (Å²) in [5, 5.41) is 8.97. The van der Waals surface area contributed by atoms with Gasteiger partial charge in [0.2, 0.25) is 10.0 Å². The van der Waals surface area contributed by atoms with Gasteiger partial charge in [-0.3, -0.25) is 0 Å². The molecule has 9 heteroatoms. The summed E-state index contributed by atoms with van der Waals surface area (Å²) in [6, 6.07) is 2.09. The predicted octanol–water partition coefficient (Wildman–Crippen LogP) is 1.05. The van der Waals surface area contributed by atoms with Crippen molar-refractivity contribution in [1.82, 2.24) is 4.31 Å². The number of rotatable bonds is 4. The first kappa shape index (κ1) is 16.3. The van der Waals surface area contributed by atoms with Gasteiger partial charge in [-0.15, -0.1) is 0 Å². The first-order valence-electron chi connectivity index (χ1n) is 7.18. The Balaban J connectivity index is 1.95. The third-order valence-electron chi connectivity index (χ3n) is 3.93. The van der Waals surface area contributed by atoms with Gasteiger partial charge in [-0.25, -0.2) is 17.6 Å². The molecular weight excluding hydrogens is 329 g/mol. The van der Waals surface area contributed by atoms with Crippen LogP contribution in [0, 0.1) is 5.82 Å². The molecule has 0 saturated carbocycles. The minimum absolute atomic E-state index is 0.259. The van der Waals surface area contributed by atoms with Crippen LogP contribution in [-0.2, 0) is 19.5 Å². The number of nitrogens with zero attached hydrogens (tertiary/aromatic N) is 1. The Hall–Kier alpha value is -1.55. The van der Waals surface area contributed by atoms with Gasteiger partial charge in [-0.1, -0.05) is 0 Å². The van der Waals surface area contributed by atoms with E-state index >= 15 is 0 Å². The van der Waals surface area contributed by atoms with Crippen LogP contribution in [0.2, 0.25) is 0 Å². The van der Waals surface area contributed by atoms with Crippen molar-refractivity contribution in [2.24, 2.45) is 0 Å². The zero-order valence-corrected chi connectivity index (χ0v) is 13.0. The molecule has 1 unspecified atom stereocenters. The summed E-state index contributed by atoms with van der Waals surface area (Å²) in [5.41, 5.74) is -0.410. The fourth-order valence-corrected chi connectivity index (χ4v) is 4.64. The Morgan fingerprint density at radius 1 is 1.26 bits per heavy atom. The van der Waals surface area contributed by atoms with E-state index in [1.807, 2.05) is 0 Å². The molecule has 7 nitrogen and oxygen atoms in total. The van der Waals surface area contributed by atoms with Crippen LogP contribution in [0.15, 0.2) is 23.1 Å². The maximum Gasteiger partial charge on any atom is 0.335 e. The van der Waals surface area contributed by atoms with E-state index < -0.39 is 39.7 Å². The van der Waals surface area contributed by atoms with Crippen molar-refractivity contribution in [2.75, 3.05) is 19.8 Å². The first-order valence-corrected chi connectivity index (χ1v) is 8.62. The Kier molecular flexibility index (Phi) is 4.37. The van der Waals surface area contributed by atoms with Gasteiger partial charge in [-0.05, 0) is 31.0 Å². The largest absolute Gasteiger partial charge is 0.478 e. The van der Waals surface area contributed by atoms with Crippen molar-refractivity contribution in [1.29, 1.82) is 0 Å². The molecule has 2 fully saturated rings. The number of sulfonamides is 1. The van der Waals surface area contributed by atoms with Gasteiger partial charge < -0.3 is 14.6 Å².